The van der Waals surface area contributed by atoms with Crippen LogP contribution in [0.25, 0.3) is 5.69 Å². The van der Waals surface area contributed by atoms with E-state index in [1.54, 1.807) is 29.1 Å². The van der Waals surface area contributed by atoms with Gasteiger partial charge in [-0.15, -0.1) is 0 Å². The molecule has 1 aromatic heterocycles. The van der Waals surface area contributed by atoms with Crippen LogP contribution in [0.3, 0.4) is 0 Å². The first kappa shape index (κ1) is 9.93. The number of aryl methyl sites for hydroxylation is 1. The highest BCUT2D eigenvalue weighted by atomic mass is 35.5. The fourth-order valence-corrected chi connectivity index (χ4v) is 1.53. The van der Waals surface area contributed by atoms with Gasteiger partial charge in [0.15, 0.2) is 6.29 Å². The Morgan fingerprint density at radius 3 is 2.87 bits per heavy atom. The fourth-order valence-electron chi connectivity index (χ4n) is 1.36. The van der Waals surface area contributed by atoms with Crippen LogP contribution in [0.1, 0.15) is 15.9 Å². The molecule has 0 atom stereocenters. The SMILES string of the molecule is Cc1cnn(-c2cc(Cl)ccc2C=O)c1. The molecule has 4 heteroatoms. The fraction of sp³-hybridized carbons (Fsp3) is 0.0909. The van der Waals surface area contributed by atoms with E-state index in [-0.39, 0.29) is 0 Å². The highest BCUT2D eigenvalue weighted by molar-refractivity contribution is 6.30. The van der Waals surface area contributed by atoms with Crippen LogP contribution in [0.4, 0.5) is 0 Å². The summed E-state index contributed by atoms with van der Waals surface area (Å²) in [7, 11) is 0. The monoisotopic (exact) mass is 220 g/mol. The Hall–Kier alpha value is -1.61. The van der Waals surface area contributed by atoms with Crippen molar-refractivity contribution >= 4 is 17.9 Å². The average molecular weight is 221 g/mol. The summed E-state index contributed by atoms with van der Waals surface area (Å²) in [6.45, 7) is 1.94. The first-order valence-corrected chi connectivity index (χ1v) is 4.85. The van der Waals surface area contributed by atoms with Gasteiger partial charge in [0.2, 0.25) is 0 Å². The molecule has 76 valence electrons. The second-order valence-electron chi connectivity index (χ2n) is 3.28. The van der Waals surface area contributed by atoms with Crippen LogP contribution < -0.4 is 0 Å². The highest BCUT2D eigenvalue weighted by Gasteiger charge is 2.05. The molecule has 0 aliphatic heterocycles. The Labute approximate surface area is 92.3 Å². The number of hydrogen-bond donors (Lipinski definition) is 0. The van der Waals surface area contributed by atoms with Crippen LogP contribution >= 0.6 is 11.6 Å². The average Bonchev–Trinajstić information content (AvgIpc) is 2.65. The molecular weight excluding hydrogens is 212 g/mol. The number of rotatable bonds is 2. The largest absolute Gasteiger partial charge is 0.298 e. The van der Waals surface area contributed by atoms with E-state index in [2.05, 4.69) is 5.10 Å². The maximum Gasteiger partial charge on any atom is 0.152 e. The summed E-state index contributed by atoms with van der Waals surface area (Å²) >= 11 is 5.87. The summed E-state index contributed by atoms with van der Waals surface area (Å²) in [6.07, 6.45) is 4.37. The third kappa shape index (κ3) is 1.92. The number of nitrogens with zero attached hydrogens (tertiary/aromatic N) is 2. The zero-order valence-corrected chi connectivity index (χ0v) is 8.90. The third-order valence-corrected chi connectivity index (χ3v) is 2.31. The van der Waals surface area contributed by atoms with E-state index in [0.717, 1.165) is 11.8 Å². The van der Waals surface area contributed by atoms with Gasteiger partial charge in [0.1, 0.15) is 0 Å². The molecule has 2 rings (SSSR count). The number of benzene rings is 1. The number of hydrogen-bond acceptors (Lipinski definition) is 2. The number of halogens is 1. The molecule has 0 bridgehead atoms. The first-order chi connectivity index (χ1) is 7.20. The first-order valence-electron chi connectivity index (χ1n) is 4.47. The van der Waals surface area contributed by atoms with Gasteiger partial charge in [0, 0.05) is 16.8 Å². The molecule has 0 fully saturated rings. The van der Waals surface area contributed by atoms with Crippen molar-refractivity contribution in [3.63, 3.8) is 0 Å². The minimum absolute atomic E-state index is 0.572. The van der Waals surface area contributed by atoms with Gasteiger partial charge in [-0.3, -0.25) is 4.79 Å². The molecule has 2 aromatic rings. The molecule has 0 spiro atoms. The standard InChI is InChI=1S/C11H9ClN2O/c1-8-5-13-14(6-8)11-4-10(12)3-2-9(11)7-15/h2-7H,1H3. The van der Waals surface area contributed by atoms with Crippen molar-refractivity contribution in [3.8, 4) is 5.69 Å². The minimum atomic E-state index is 0.572. The van der Waals surface area contributed by atoms with Gasteiger partial charge in [-0.05, 0) is 30.7 Å². The van der Waals surface area contributed by atoms with Gasteiger partial charge in [-0.25, -0.2) is 4.68 Å². The molecule has 0 radical (unpaired) electrons. The second kappa shape index (κ2) is 3.87. The van der Waals surface area contributed by atoms with E-state index in [4.69, 9.17) is 11.6 Å². The summed E-state index contributed by atoms with van der Waals surface area (Å²) in [4.78, 5) is 10.8. The smallest absolute Gasteiger partial charge is 0.152 e. The highest BCUT2D eigenvalue weighted by Crippen LogP contribution is 2.18. The molecule has 0 saturated carbocycles. The lowest BCUT2D eigenvalue weighted by atomic mass is 10.2. The summed E-state index contributed by atoms with van der Waals surface area (Å²) in [5.74, 6) is 0. The van der Waals surface area contributed by atoms with E-state index < -0.39 is 0 Å². The topological polar surface area (TPSA) is 34.9 Å². The second-order valence-corrected chi connectivity index (χ2v) is 3.72. The zero-order chi connectivity index (χ0) is 10.8. The number of aromatic nitrogens is 2. The lowest BCUT2D eigenvalue weighted by molar-refractivity contribution is 0.112. The minimum Gasteiger partial charge on any atom is -0.298 e. The Balaban J connectivity index is 2.59. The lowest BCUT2D eigenvalue weighted by Gasteiger charge is -2.04. The van der Waals surface area contributed by atoms with Crippen LogP contribution in [0, 0.1) is 6.92 Å². The Bertz CT molecular complexity index is 505. The predicted octanol–water partition coefficient (Wildman–Crippen LogP) is 2.65. The van der Waals surface area contributed by atoms with Crippen LogP contribution in [0.5, 0.6) is 0 Å². The molecule has 0 aliphatic rings. The van der Waals surface area contributed by atoms with Crippen LogP contribution in [-0.2, 0) is 0 Å². The van der Waals surface area contributed by atoms with E-state index >= 15 is 0 Å². The quantitative estimate of drug-likeness (QED) is 0.730. The van der Waals surface area contributed by atoms with Crippen LogP contribution in [0.2, 0.25) is 5.02 Å². The van der Waals surface area contributed by atoms with Crippen LogP contribution in [0.15, 0.2) is 30.6 Å². The van der Waals surface area contributed by atoms with Crippen molar-refractivity contribution in [2.45, 2.75) is 6.92 Å². The molecule has 0 saturated heterocycles. The van der Waals surface area contributed by atoms with E-state index in [1.807, 2.05) is 13.1 Å². The molecule has 0 aliphatic carbocycles. The van der Waals surface area contributed by atoms with Crippen molar-refractivity contribution in [2.24, 2.45) is 0 Å². The normalized spacial score (nSPS) is 10.3. The zero-order valence-electron chi connectivity index (χ0n) is 8.14. The molecule has 0 amide bonds. The summed E-state index contributed by atoms with van der Waals surface area (Å²) in [5.41, 5.74) is 2.31. The van der Waals surface area contributed by atoms with Crippen molar-refractivity contribution in [2.75, 3.05) is 0 Å². The molecule has 15 heavy (non-hydrogen) atoms. The Morgan fingerprint density at radius 2 is 2.27 bits per heavy atom. The molecular formula is C11H9ClN2O. The molecule has 1 aromatic carbocycles. The molecule has 1 heterocycles. The van der Waals surface area contributed by atoms with Gasteiger partial charge in [-0.1, -0.05) is 11.6 Å². The van der Waals surface area contributed by atoms with Gasteiger partial charge in [0.05, 0.1) is 11.9 Å². The van der Waals surface area contributed by atoms with Gasteiger partial charge in [-0.2, -0.15) is 5.10 Å². The number of aldehydes is 1. The van der Waals surface area contributed by atoms with E-state index in [1.165, 1.54) is 0 Å². The van der Waals surface area contributed by atoms with Crippen molar-refractivity contribution in [1.29, 1.82) is 0 Å². The van der Waals surface area contributed by atoms with Gasteiger partial charge >= 0.3 is 0 Å². The van der Waals surface area contributed by atoms with E-state index in [0.29, 0.717) is 16.3 Å². The maximum atomic E-state index is 10.8. The predicted molar refractivity (Wildman–Crippen MR) is 58.7 cm³/mol. The molecule has 0 N–H and O–H groups in total. The van der Waals surface area contributed by atoms with E-state index in [9.17, 15) is 4.79 Å². The maximum absolute atomic E-state index is 10.8. The summed E-state index contributed by atoms with van der Waals surface area (Å²) < 4.78 is 1.64. The molecule has 3 nitrogen and oxygen atoms in total. The van der Waals surface area contributed by atoms with Crippen LogP contribution in [-0.4, -0.2) is 16.1 Å². The van der Waals surface area contributed by atoms with Crippen molar-refractivity contribution in [3.05, 3.63) is 46.7 Å². The third-order valence-electron chi connectivity index (χ3n) is 2.08. The Kier molecular flexibility index (Phi) is 2.56. The summed E-state index contributed by atoms with van der Waals surface area (Å²) in [6, 6.07) is 5.09. The van der Waals surface area contributed by atoms with Gasteiger partial charge < -0.3 is 0 Å². The summed E-state index contributed by atoms with van der Waals surface area (Å²) in [5, 5.41) is 4.72. The van der Waals surface area contributed by atoms with Gasteiger partial charge in [0.25, 0.3) is 0 Å². The van der Waals surface area contributed by atoms with Crippen molar-refractivity contribution in [1.82, 2.24) is 9.78 Å². The Morgan fingerprint density at radius 1 is 1.47 bits per heavy atom. The number of carbonyl (C=O) groups excluding carboxylic acids is 1. The molecule has 0 unspecified atom stereocenters. The van der Waals surface area contributed by atoms with Crippen molar-refractivity contribution < 1.29 is 4.79 Å². The lowest BCUT2D eigenvalue weighted by Crippen LogP contribution is -1.99. The number of carbonyl (C=O) groups is 1.